The van der Waals surface area contributed by atoms with Gasteiger partial charge in [0, 0.05) is 36.8 Å². The van der Waals surface area contributed by atoms with Gasteiger partial charge in [-0.1, -0.05) is 24.3 Å². The van der Waals surface area contributed by atoms with E-state index in [0.29, 0.717) is 11.6 Å². The number of alkyl halides is 3. The normalized spacial score (nSPS) is 23.8. The Morgan fingerprint density at radius 2 is 2.00 bits per heavy atom. The Kier molecular flexibility index (Phi) is 5.07. The minimum absolute atomic E-state index is 0.0527. The van der Waals surface area contributed by atoms with E-state index in [0.717, 1.165) is 24.1 Å². The molecule has 2 aromatic rings. The molecule has 2 saturated heterocycles. The third kappa shape index (κ3) is 4.34. The molecule has 0 unspecified atom stereocenters. The standard InChI is InChI=1S/C20H19F3N2O3/c21-20(22,23)11-27-18-6-5-14(9-25-18)17(26)7-12-1-3-13(4-2-12)19-16-8-15(28-19)10-24-16/h1-6,9,15-16,19,24H,7-8,10-11H2/t15-,16-,19+/m1/s1. The number of morpholine rings is 1. The zero-order chi connectivity index (χ0) is 19.7. The van der Waals surface area contributed by atoms with Crippen LogP contribution in [0.3, 0.4) is 0 Å². The number of carbonyl (C=O) groups is 1. The van der Waals surface area contributed by atoms with Crippen molar-refractivity contribution in [3.8, 4) is 5.88 Å². The van der Waals surface area contributed by atoms with Crippen LogP contribution in [0, 0.1) is 0 Å². The third-order valence-electron chi connectivity index (χ3n) is 4.94. The Labute approximate surface area is 159 Å². The van der Waals surface area contributed by atoms with Crippen LogP contribution in [-0.2, 0) is 11.2 Å². The maximum Gasteiger partial charge on any atom is 0.422 e. The number of halogens is 3. The number of benzene rings is 1. The number of pyridine rings is 1. The number of nitrogens with one attached hydrogen (secondary N) is 1. The number of Topliss-reactive ketones (excluding diaryl/α,β-unsaturated/α-hetero) is 1. The molecule has 1 aromatic carbocycles. The first-order valence-corrected chi connectivity index (χ1v) is 9.04. The van der Waals surface area contributed by atoms with Crippen molar-refractivity contribution >= 4 is 5.78 Å². The molecule has 0 amide bonds. The summed E-state index contributed by atoms with van der Waals surface area (Å²) in [7, 11) is 0. The summed E-state index contributed by atoms with van der Waals surface area (Å²) >= 11 is 0. The molecule has 2 aliphatic rings. The second-order valence-corrected chi connectivity index (χ2v) is 7.06. The van der Waals surface area contributed by atoms with E-state index in [1.165, 1.54) is 18.3 Å². The SMILES string of the molecule is O=C(Cc1ccc([C@@H]2O[C@H]3CN[C@@H]2C3)cc1)c1ccc(OCC(F)(F)F)nc1. The molecule has 2 fully saturated rings. The Morgan fingerprint density at radius 3 is 2.57 bits per heavy atom. The summed E-state index contributed by atoms with van der Waals surface area (Å²) < 4.78 is 46.9. The quantitative estimate of drug-likeness (QED) is 0.765. The lowest BCUT2D eigenvalue weighted by Gasteiger charge is -2.23. The van der Waals surface area contributed by atoms with Gasteiger partial charge in [0.1, 0.15) is 0 Å². The number of carbonyl (C=O) groups excluding carboxylic acids is 1. The number of aromatic nitrogens is 1. The summed E-state index contributed by atoms with van der Waals surface area (Å²) in [6.07, 6.45) is -1.65. The van der Waals surface area contributed by atoms with E-state index >= 15 is 0 Å². The predicted molar refractivity (Wildman–Crippen MR) is 94.3 cm³/mol. The average Bonchev–Trinajstić information content (AvgIpc) is 3.30. The number of ether oxygens (including phenoxy) is 2. The minimum Gasteiger partial charge on any atom is -0.468 e. The topological polar surface area (TPSA) is 60.5 Å². The fraction of sp³-hybridized carbons (Fsp3) is 0.400. The van der Waals surface area contributed by atoms with Gasteiger partial charge in [-0.05, 0) is 23.6 Å². The highest BCUT2D eigenvalue weighted by Gasteiger charge is 2.41. The van der Waals surface area contributed by atoms with Gasteiger partial charge in [0.25, 0.3) is 0 Å². The van der Waals surface area contributed by atoms with E-state index in [1.807, 2.05) is 24.3 Å². The zero-order valence-corrected chi connectivity index (χ0v) is 14.9. The van der Waals surface area contributed by atoms with Crippen LogP contribution in [-0.4, -0.2) is 42.2 Å². The van der Waals surface area contributed by atoms with Crippen molar-refractivity contribution in [2.24, 2.45) is 0 Å². The highest BCUT2D eigenvalue weighted by molar-refractivity contribution is 5.97. The van der Waals surface area contributed by atoms with Crippen molar-refractivity contribution in [2.45, 2.75) is 37.3 Å². The minimum atomic E-state index is -4.43. The van der Waals surface area contributed by atoms with Gasteiger partial charge < -0.3 is 14.8 Å². The molecule has 4 rings (SSSR count). The lowest BCUT2D eigenvalue weighted by Crippen LogP contribution is -2.33. The molecular weight excluding hydrogens is 373 g/mol. The second kappa shape index (κ2) is 7.52. The van der Waals surface area contributed by atoms with Crippen LogP contribution >= 0.6 is 0 Å². The van der Waals surface area contributed by atoms with Crippen LogP contribution in [0.15, 0.2) is 42.6 Å². The summed E-state index contributed by atoms with van der Waals surface area (Å²) in [5, 5.41) is 3.44. The molecule has 1 N–H and O–H groups in total. The first-order valence-electron chi connectivity index (χ1n) is 9.04. The van der Waals surface area contributed by atoms with Gasteiger partial charge in [0.2, 0.25) is 5.88 Å². The number of nitrogens with zero attached hydrogens (tertiary/aromatic N) is 1. The van der Waals surface area contributed by atoms with E-state index in [9.17, 15) is 18.0 Å². The molecule has 2 aliphatic heterocycles. The van der Waals surface area contributed by atoms with Crippen LogP contribution in [0.4, 0.5) is 13.2 Å². The monoisotopic (exact) mass is 392 g/mol. The molecule has 3 heterocycles. The van der Waals surface area contributed by atoms with Gasteiger partial charge in [0.05, 0.1) is 12.2 Å². The van der Waals surface area contributed by atoms with Gasteiger partial charge in [-0.15, -0.1) is 0 Å². The van der Waals surface area contributed by atoms with Gasteiger partial charge in [-0.25, -0.2) is 4.98 Å². The van der Waals surface area contributed by atoms with E-state index in [2.05, 4.69) is 15.0 Å². The number of hydrogen-bond acceptors (Lipinski definition) is 5. The molecule has 0 aliphatic carbocycles. The summed E-state index contributed by atoms with van der Waals surface area (Å²) in [5.41, 5.74) is 2.26. The van der Waals surface area contributed by atoms with Crippen molar-refractivity contribution in [3.63, 3.8) is 0 Å². The van der Waals surface area contributed by atoms with Crippen molar-refractivity contribution in [2.75, 3.05) is 13.2 Å². The van der Waals surface area contributed by atoms with Crippen LogP contribution in [0.5, 0.6) is 5.88 Å². The third-order valence-corrected chi connectivity index (χ3v) is 4.94. The highest BCUT2D eigenvalue weighted by Crippen LogP contribution is 2.36. The van der Waals surface area contributed by atoms with Crippen LogP contribution in [0.25, 0.3) is 0 Å². The predicted octanol–water partition coefficient (Wildman–Crippen LogP) is 3.25. The molecule has 8 heteroatoms. The largest absolute Gasteiger partial charge is 0.468 e. The molecule has 148 valence electrons. The second-order valence-electron chi connectivity index (χ2n) is 7.06. The number of ketones is 1. The van der Waals surface area contributed by atoms with Crippen molar-refractivity contribution in [3.05, 3.63) is 59.3 Å². The molecule has 28 heavy (non-hydrogen) atoms. The molecule has 0 radical (unpaired) electrons. The molecule has 2 bridgehead atoms. The number of fused-ring (bicyclic) bond motifs is 2. The average molecular weight is 392 g/mol. The molecule has 5 nitrogen and oxygen atoms in total. The van der Waals surface area contributed by atoms with Crippen LogP contribution in [0.2, 0.25) is 0 Å². The maximum atomic E-state index is 12.4. The van der Waals surface area contributed by atoms with Gasteiger partial charge in [0.15, 0.2) is 12.4 Å². The number of rotatable bonds is 6. The van der Waals surface area contributed by atoms with E-state index < -0.39 is 12.8 Å². The Morgan fingerprint density at radius 1 is 1.21 bits per heavy atom. The Bertz CT molecular complexity index is 837. The summed E-state index contributed by atoms with van der Waals surface area (Å²) in [6, 6.07) is 10.8. The van der Waals surface area contributed by atoms with Gasteiger partial charge in [-0.3, -0.25) is 4.79 Å². The van der Waals surface area contributed by atoms with Crippen molar-refractivity contribution < 1.29 is 27.4 Å². The molecule has 0 saturated carbocycles. The smallest absolute Gasteiger partial charge is 0.422 e. The molecular formula is C20H19F3N2O3. The van der Waals surface area contributed by atoms with Crippen molar-refractivity contribution in [1.82, 2.24) is 10.3 Å². The fourth-order valence-electron chi connectivity index (χ4n) is 3.58. The highest BCUT2D eigenvalue weighted by atomic mass is 19.4. The van der Waals surface area contributed by atoms with Gasteiger partial charge in [-0.2, -0.15) is 13.2 Å². The Balaban J connectivity index is 1.34. The van der Waals surface area contributed by atoms with Crippen molar-refractivity contribution in [1.29, 1.82) is 0 Å². The van der Waals surface area contributed by atoms with Gasteiger partial charge >= 0.3 is 6.18 Å². The fourth-order valence-corrected chi connectivity index (χ4v) is 3.58. The van der Waals surface area contributed by atoms with Crippen LogP contribution < -0.4 is 10.1 Å². The molecule has 3 atom stereocenters. The lowest BCUT2D eigenvalue weighted by atomic mass is 9.99. The molecule has 1 aromatic heterocycles. The summed E-state index contributed by atoms with van der Waals surface area (Å²) in [4.78, 5) is 16.2. The van der Waals surface area contributed by atoms with E-state index in [-0.39, 0.29) is 30.3 Å². The van der Waals surface area contributed by atoms with E-state index in [4.69, 9.17) is 4.74 Å². The first-order chi connectivity index (χ1) is 13.4. The van der Waals surface area contributed by atoms with Crippen LogP contribution in [0.1, 0.15) is 34.0 Å². The molecule has 0 spiro atoms. The van der Waals surface area contributed by atoms with E-state index in [1.54, 1.807) is 0 Å². The first kappa shape index (κ1) is 18.9. The maximum absolute atomic E-state index is 12.4. The zero-order valence-electron chi connectivity index (χ0n) is 14.9. The Hall–Kier alpha value is -2.45. The summed E-state index contributed by atoms with van der Waals surface area (Å²) in [5.74, 6) is -0.335. The summed E-state index contributed by atoms with van der Waals surface area (Å²) in [6.45, 7) is -0.511. The number of hydrogen-bond donors (Lipinski definition) is 1. The lowest BCUT2D eigenvalue weighted by molar-refractivity contribution is -0.154.